The zero-order valence-electron chi connectivity index (χ0n) is 18.4. The summed E-state index contributed by atoms with van der Waals surface area (Å²) in [6.07, 6.45) is 3.32. The fourth-order valence-electron chi connectivity index (χ4n) is 4.28. The predicted molar refractivity (Wildman–Crippen MR) is 127 cm³/mol. The Morgan fingerprint density at radius 1 is 1.15 bits per heavy atom. The van der Waals surface area contributed by atoms with Crippen molar-refractivity contribution in [2.75, 3.05) is 31.1 Å². The van der Waals surface area contributed by atoms with E-state index < -0.39 is 5.60 Å². The topological polar surface area (TPSA) is 96.5 Å². The van der Waals surface area contributed by atoms with Gasteiger partial charge in [0, 0.05) is 49.2 Å². The molecule has 1 fully saturated rings. The number of aliphatic hydroxyl groups excluding tert-OH is 1. The third-order valence-corrected chi connectivity index (χ3v) is 6.29. The zero-order chi connectivity index (χ0) is 23.4. The summed E-state index contributed by atoms with van der Waals surface area (Å²) in [7, 11) is 0. The van der Waals surface area contributed by atoms with Crippen molar-refractivity contribution in [3.05, 3.63) is 88.3 Å². The van der Waals surface area contributed by atoms with Gasteiger partial charge >= 0.3 is 0 Å². The van der Waals surface area contributed by atoms with Gasteiger partial charge in [-0.15, -0.1) is 0 Å². The van der Waals surface area contributed by atoms with E-state index in [4.69, 9.17) is 11.6 Å². The number of benzene rings is 1. The first-order chi connectivity index (χ1) is 15.9. The lowest BCUT2D eigenvalue weighted by Crippen LogP contribution is -2.52. The molecule has 170 valence electrons. The van der Waals surface area contributed by atoms with Crippen LogP contribution in [0.4, 0.5) is 5.82 Å². The first kappa shape index (κ1) is 23.1. The van der Waals surface area contributed by atoms with E-state index in [1.807, 2.05) is 24.3 Å². The van der Waals surface area contributed by atoms with Crippen molar-refractivity contribution in [3.8, 4) is 6.07 Å². The highest BCUT2D eigenvalue weighted by molar-refractivity contribution is 6.30. The molecule has 7 nitrogen and oxygen atoms in total. The van der Waals surface area contributed by atoms with E-state index in [1.165, 1.54) is 0 Å². The van der Waals surface area contributed by atoms with Gasteiger partial charge in [0.25, 0.3) is 0 Å². The van der Waals surface area contributed by atoms with Gasteiger partial charge in [-0.05, 0) is 42.8 Å². The second kappa shape index (κ2) is 9.86. The Kier molecular flexibility index (Phi) is 6.91. The average molecular weight is 464 g/mol. The number of halogens is 1. The van der Waals surface area contributed by atoms with Gasteiger partial charge in [0.05, 0.1) is 23.9 Å². The lowest BCUT2D eigenvalue weighted by molar-refractivity contribution is 0.00991. The molecule has 0 aliphatic carbocycles. The number of pyridine rings is 2. The van der Waals surface area contributed by atoms with Gasteiger partial charge < -0.3 is 15.1 Å². The van der Waals surface area contributed by atoms with Gasteiger partial charge in [-0.25, -0.2) is 4.98 Å². The molecule has 1 saturated heterocycles. The number of piperazine rings is 1. The highest BCUT2D eigenvalue weighted by Gasteiger charge is 2.34. The normalized spacial score (nSPS) is 18.5. The molecular formula is C25H26ClN5O2. The monoisotopic (exact) mass is 463 g/mol. The summed E-state index contributed by atoms with van der Waals surface area (Å²) >= 11 is 6.12. The maximum atomic E-state index is 11.2. The van der Waals surface area contributed by atoms with Gasteiger partial charge in [0.1, 0.15) is 17.5 Å². The summed E-state index contributed by atoms with van der Waals surface area (Å²) in [6, 6.07) is 17.0. The van der Waals surface area contributed by atoms with Crippen LogP contribution in [-0.4, -0.2) is 51.3 Å². The van der Waals surface area contributed by atoms with E-state index >= 15 is 0 Å². The smallest absolute Gasteiger partial charge is 0.147 e. The summed E-state index contributed by atoms with van der Waals surface area (Å²) in [4.78, 5) is 13.1. The van der Waals surface area contributed by atoms with E-state index in [2.05, 4.69) is 25.8 Å². The van der Waals surface area contributed by atoms with Crippen LogP contribution in [0.1, 0.15) is 35.3 Å². The number of nitriles is 1. The Bertz CT molecular complexity index is 1130. The predicted octanol–water partition coefficient (Wildman–Crippen LogP) is 3.26. The van der Waals surface area contributed by atoms with Crippen molar-refractivity contribution in [2.45, 2.75) is 25.2 Å². The first-order valence-corrected chi connectivity index (χ1v) is 11.2. The van der Waals surface area contributed by atoms with Crippen molar-refractivity contribution >= 4 is 17.4 Å². The van der Waals surface area contributed by atoms with Crippen LogP contribution in [0.15, 0.2) is 60.9 Å². The number of aromatic nitrogens is 2. The second-order valence-electron chi connectivity index (χ2n) is 8.45. The summed E-state index contributed by atoms with van der Waals surface area (Å²) in [6.45, 7) is 4.05. The minimum atomic E-state index is -1.11. The van der Waals surface area contributed by atoms with Crippen LogP contribution in [0, 0.1) is 11.3 Å². The van der Waals surface area contributed by atoms with Gasteiger partial charge in [-0.2, -0.15) is 5.26 Å². The molecule has 8 heteroatoms. The quantitative estimate of drug-likeness (QED) is 0.579. The molecule has 2 aromatic heterocycles. The molecule has 0 unspecified atom stereocenters. The standard InChI is InChI=1S/C25H26ClN5O2/c1-25(33,20-6-9-22(16-32)29-14-20)17-30-11-12-31(24-19(13-27)3-2-10-28-24)23(15-30)18-4-7-21(26)8-5-18/h2-10,14,23,32-33H,11-12,15-17H2,1H3/t23-,25+/m0/s1. The lowest BCUT2D eigenvalue weighted by Gasteiger charge is -2.44. The largest absolute Gasteiger partial charge is 0.390 e. The number of aliphatic hydroxyl groups is 2. The third-order valence-electron chi connectivity index (χ3n) is 6.04. The highest BCUT2D eigenvalue weighted by atomic mass is 35.5. The number of anilines is 1. The Hall–Kier alpha value is -3.02. The Labute approximate surface area is 198 Å². The average Bonchev–Trinajstić information content (AvgIpc) is 2.84. The summed E-state index contributed by atoms with van der Waals surface area (Å²) in [5, 5.41) is 30.7. The van der Waals surface area contributed by atoms with Gasteiger partial charge in [0.15, 0.2) is 0 Å². The van der Waals surface area contributed by atoms with E-state index in [0.717, 1.165) is 5.56 Å². The number of nitrogens with zero attached hydrogens (tertiary/aromatic N) is 5. The van der Waals surface area contributed by atoms with E-state index in [1.54, 1.807) is 43.6 Å². The Morgan fingerprint density at radius 3 is 2.61 bits per heavy atom. The molecule has 1 aliphatic heterocycles. The van der Waals surface area contributed by atoms with Crippen LogP contribution in [-0.2, 0) is 12.2 Å². The lowest BCUT2D eigenvalue weighted by atomic mass is 9.95. The summed E-state index contributed by atoms with van der Waals surface area (Å²) in [5.41, 5.74) is 1.74. The highest BCUT2D eigenvalue weighted by Crippen LogP contribution is 2.33. The molecule has 0 saturated carbocycles. The molecule has 0 radical (unpaired) electrons. The van der Waals surface area contributed by atoms with Crippen LogP contribution in [0.3, 0.4) is 0 Å². The van der Waals surface area contributed by atoms with E-state index in [0.29, 0.717) is 53.8 Å². The van der Waals surface area contributed by atoms with E-state index in [9.17, 15) is 15.5 Å². The minimum Gasteiger partial charge on any atom is -0.390 e. The minimum absolute atomic E-state index is 0.0660. The van der Waals surface area contributed by atoms with Crippen LogP contribution in [0.5, 0.6) is 0 Å². The van der Waals surface area contributed by atoms with Gasteiger partial charge in [-0.3, -0.25) is 9.88 Å². The summed E-state index contributed by atoms with van der Waals surface area (Å²) in [5.74, 6) is 0.662. The molecule has 3 aromatic rings. The number of hydrogen-bond acceptors (Lipinski definition) is 7. The Morgan fingerprint density at radius 2 is 1.94 bits per heavy atom. The first-order valence-electron chi connectivity index (χ1n) is 10.8. The molecule has 3 heterocycles. The SMILES string of the molecule is C[C@@](O)(CN1CCN(c2ncccc2C#N)[C@H](c2ccc(Cl)cc2)C1)c1ccc(CO)nc1. The van der Waals surface area contributed by atoms with Crippen molar-refractivity contribution in [1.29, 1.82) is 5.26 Å². The number of hydrogen-bond donors (Lipinski definition) is 2. The fraction of sp³-hybridized carbons (Fsp3) is 0.320. The number of rotatable bonds is 6. The van der Waals surface area contributed by atoms with Crippen LogP contribution in [0.2, 0.25) is 5.02 Å². The van der Waals surface area contributed by atoms with Gasteiger partial charge in [-0.1, -0.05) is 29.8 Å². The third kappa shape index (κ3) is 5.15. The Balaban J connectivity index is 1.60. The molecular weight excluding hydrogens is 438 g/mol. The second-order valence-corrected chi connectivity index (χ2v) is 8.89. The molecule has 2 N–H and O–H groups in total. The van der Waals surface area contributed by atoms with Crippen molar-refractivity contribution < 1.29 is 10.2 Å². The van der Waals surface area contributed by atoms with Crippen molar-refractivity contribution in [1.82, 2.24) is 14.9 Å². The zero-order valence-corrected chi connectivity index (χ0v) is 19.2. The molecule has 33 heavy (non-hydrogen) atoms. The maximum absolute atomic E-state index is 11.2. The van der Waals surface area contributed by atoms with Crippen LogP contribution < -0.4 is 4.90 Å². The maximum Gasteiger partial charge on any atom is 0.147 e. The molecule has 1 aromatic carbocycles. The summed E-state index contributed by atoms with van der Waals surface area (Å²) < 4.78 is 0. The van der Waals surface area contributed by atoms with Gasteiger partial charge in [0.2, 0.25) is 0 Å². The fourth-order valence-corrected chi connectivity index (χ4v) is 4.41. The molecule has 0 amide bonds. The molecule has 4 rings (SSSR count). The van der Waals surface area contributed by atoms with Crippen molar-refractivity contribution in [2.24, 2.45) is 0 Å². The molecule has 0 bridgehead atoms. The van der Waals surface area contributed by atoms with Crippen LogP contribution >= 0.6 is 11.6 Å². The van der Waals surface area contributed by atoms with Crippen molar-refractivity contribution in [3.63, 3.8) is 0 Å². The number of β-amino-alcohol motifs (C(OH)–C–C–N with tert-alkyl or cyclic N) is 1. The van der Waals surface area contributed by atoms with Crippen LogP contribution in [0.25, 0.3) is 0 Å². The molecule has 1 aliphatic rings. The van der Waals surface area contributed by atoms with E-state index in [-0.39, 0.29) is 12.6 Å². The molecule has 0 spiro atoms. The molecule has 2 atom stereocenters.